The van der Waals surface area contributed by atoms with Crippen LogP contribution in [0.15, 0.2) is 0 Å². The molecule has 0 aliphatic heterocycles. The fourth-order valence-corrected chi connectivity index (χ4v) is 3.45. The normalized spacial score (nSPS) is 36.8. The molecule has 4 unspecified atom stereocenters. The molecule has 0 N–H and O–H groups in total. The fraction of sp³-hybridized carbons (Fsp3) is 1.00. The lowest BCUT2D eigenvalue weighted by atomic mass is 9.81. The van der Waals surface area contributed by atoms with Crippen LogP contribution >= 0.6 is 0 Å². The fourth-order valence-electron chi connectivity index (χ4n) is 3.45. The third-order valence-corrected chi connectivity index (χ3v) is 3.95. The van der Waals surface area contributed by atoms with Gasteiger partial charge in [0.1, 0.15) is 0 Å². The molecule has 1 nitrogen and oxygen atoms in total. The van der Waals surface area contributed by atoms with Crippen molar-refractivity contribution in [2.75, 3.05) is 0 Å². The molecule has 0 bridgehead atoms. The van der Waals surface area contributed by atoms with Gasteiger partial charge in [-0.2, -0.15) is 0 Å². The molecule has 1 saturated carbocycles. The minimum Gasteiger partial charge on any atom is -0.375 e. The molecule has 15 heavy (non-hydrogen) atoms. The lowest BCUT2D eigenvalue weighted by Crippen LogP contribution is -2.29. The Bertz CT molecular complexity index is 186. The van der Waals surface area contributed by atoms with Crippen molar-refractivity contribution in [3.8, 4) is 0 Å². The zero-order valence-corrected chi connectivity index (χ0v) is 11.3. The summed E-state index contributed by atoms with van der Waals surface area (Å²) >= 11 is 0. The van der Waals surface area contributed by atoms with E-state index in [1.165, 1.54) is 12.8 Å². The van der Waals surface area contributed by atoms with Crippen LogP contribution in [-0.4, -0.2) is 12.2 Å². The second-order valence-electron chi connectivity index (χ2n) is 5.83. The molecule has 0 aromatic heterocycles. The molecule has 1 heteroatoms. The number of rotatable bonds is 4. The van der Waals surface area contributed by atoms with Gasteiger partial charge in [-0.25, -0.2) is 0 Å². The number of hydrogen-bond acceptors (Lipinski definition) is 1. The zero-order chi connectivity index (χ0) is 11.6. The van der Waals surface area contributed by atoms with Gasteiger partial charge in [-0.1, -0.05) is 34.1 Å². The number of hydrogen-bond donors (Lipinski definition) is 0. The van der Waals surface area contributed by atoms with Gasteiger partial charge in [0.25, 0.3) is 0 Å². The van der Waals surface area contributed by atoms with Crippen molar-refractivity contribution >= 4 is 0 Å². The standard InChI is InChI=1S/C14H28O/c1-7-12-11(6)8-13(15-10(4)5)14(12)9(2)3/h9-14H,7-8H2,1-6H3. The van der Waals surface area contributed by atoms with Crippen LogP contribution in [0.3, 0.4) is 0 Å². The Morgan fingerprint density at radius 3 is 2.20 bits per heavy atom. The molecule has 1 aliphatic carbocycles. The van der Waals surface area contributed by atoms with Crippen LogP contribution < -0.4 is 0 Å². The summed E-state index contributed by atoms with van der Waals surface area (Å²) in [6.45, 7) is 13.7. The second kappa shape index (κ2) is 5.34. The van der Waals surface area contributed by atoms with E-state index in [1.54, 1.807) is 0 Å². The van der Waals surface area contributed by atoms with Gasteiger partial charge in [-0.05, 0) is 43.9 Å². The first-order valence-corrected chi connectivity index (χ1v) is 6.62. The highest BCUT2D eigenvalue weighted by Gasteiger charge is 2.42. The van der Waals surface area contributed by atoms with E-state index in [0.29, 0.717) is 12.2 Å². The third-order valence-electron chi connectivity index (χ3n) is 3.95. The van der Waals surface area contributed by atoms with Crippen molar-refractivity contribution in [3.63, 3.8) is 0 Å². The summed E-state index contributed by atoms with van der Waals surface area (Å²) in [5.74, 6) is 3.23. The Labute approximate surface area is 95.6 Å². The maximum Gasteiger partial charge on any atom is 0.0614 e. The van der Waals surface area contributed by atoms with Gasteiger partial charge in [0.2, 0.25) is 0 Å². The summed E-state index contributed by atoms with van der Waals surface area (Å²) in [5.41, 5.74) is 0. The highest BCUT2D eigenvalue weighted by atomic mass is 16.5. The molecule has 90 valence electrons. The molecular weight excluding hydrogens is 184 g/mol. The first-order valence-electron chi connectivity index (χ1n) is 6.62. The summed E-state index contributed by atoms with van der Waals surface area (Å²) in [7, 11) is 0. The molecular formula is C14H28O. The molecule has 0 aromatic carbocycles. The highest BCUT2D eigenvalue weighted by molar-refractivity contribution is 4.91. The SMILES string of the molecule is CCC1C(C)CC(OC(C)C)C1C(C)C. The molecule has 1 rings (SSSR count). The largest absolute Gasteiger partial charge is 0.375 e. The van der Waals surface area contributed by atoms with E-state index in [9.17, 15) is 0 Å². The summed E-state index contributed by atoms with van der Waals surface area (Å²) in [6, 6.07) is 0. The topological polar surface area (TPSA) is 9.23 Å². The predicted molar refractivity (Wildman–Crippen MR) is 65.9 cm³/mol. The summed E-state index contributed by atoms with van der Waals surface area (Å²) < 4.78 is 6.09. The van der Waals surface area contributed by atoms with Crippen LogP contribution in [0.25, 0.3) is 0 Å². The van der Waals surface area contributed by atoms with Gasteiger partial charge in [-0.3, -0.25) is 0 Å². The van der Waals surface area contributed by atoms with E-state index in [-0.39, 0.29) is 0 Å². The Morgan fingerprint density at radius 1 is 1.20 bits per heavy atom. The zero-order valence-electron chi connectivity index (χ0n) is 11.3. The quantitative estimate of drug-likeness (QED) is 0.681. The highest BCUT2D eigenvalue weighted by Crippen LogP contribution is 2.44. The molecule has 0 amide bonds. The molecule has 0 radical (unpaired) electrons. The van der Waals surface area contributed by atoms with Crippen LogP contribution in [0.1, 0.15) is 54.4 Å². The van der Waals surface area contributed by atoms with Gasteiger partial charge >= 0.3 is 0 Å². The van der Waals surface area contributed by atoms with Crippen LogP contribution in [0.5, 0.6) is 0 Å². The minimum atomic E-state index is 0.374. The van der Waals surface area contributed by atoms with Crippen molar-refractivity contribution in [1.82, 2.24) is 0 Å². The Balaban J connectivity index is 2.71. The molecule has 1 fully saturated rings. The van der Waals surface area contributed by atoms with Crippen LogP contribution in [0, 0.1) is 23.7 Å². The van der Waals surface area contributed by atoms with E-state index in [2.05, 4.69) is 41.5 Å². The average Bonchev–Trinajstić information content (AvgIpc) is 2.40. The third kappa shape index (κ3) is 2.96. The smallest absolute Gasteiger partial charge is 0.0614 e. The van der Waals surface area contributed by atoms with Crippen LogP contribution in [-0.2, 0) is 4.74 Å². The molecule has 0 aromatic rings. The maximum atomic E-state index is 6.09. The van der Waals surface area contributed by atoms with Crippen molar-refractivity contribution < 1.29 is 4.74 Å². The van der Waals surface area contributed by atoms with E-state index in [4.69, 9.17) is 4.74 Å². The predicted octanol–water partition coefficient (Wildman–Crippen LogP) is 4.12. The van der Waals surface area contributed by atoms with E-state index < -0.39 is 0 Å². The first kappa shape index (κ1) is 13.0. The molecule has 4 atom stereocenters. The molecule has 0 spiro atoms. The van der Waals surface area contributed by atoms with Gasteiger partial charge in [0.15, 0.2) is 0 Å². The Hall–Kier alpha value is -0.0400. The van der Waals surface area contributed by atoms with Crippen molar-refractivity contribution in [2.24, 2.45) is 23.7 Å². The van der Waals surface area contributed by atoms with Gasteiger partial charge < -0.3 is 4.74 Å². The average molecular weight is 212 g/mol. The van der Waals surface area contributed by atoms with Crippen molar-refractivity contribution in [1.29, 1.82) is 0 Å². The molecule has 1 aliphatic rings. The van der Waals surface area contributed by atoms with Crippen LogP contribution in [0.4, 0.5) is 0 Å². The van der Waals surface area contributed by atoms with Crippen molar-refractivity contribution in [3.05, 3.63) is 0 Å². The number of ether oxygens (including phenoxy) is 1. The van der Waals surface area contributed by atoms with Crippen molar-refractivity contribution in [2.45, 2.75) is 66.6 Å². The Morgan fingerprint density at radius 2 is 1.80 bits per heavy atom. The summed E-state index contributed by atoms with van der Waals surface area (Å²) in [6.07, 6.45) is 3.45. The minimum absolute atomic E-state index is 0.374. The second-order valence-corrected chi connectivity index (χ2v) is 5.83. The van der Waals surface area contributed by atoms with Crippen LogP contribution in [0.2, 0.25) is 0 Å². The molecule has 0 saturated heterocycles. The first-order chi connectivity index (χ1) is 6.97. The van der Waals surface area contributed by atoms with Gasteiger partial charge in [0, 0.05) is 0 Å². The summed E-state index contributed by atoms with van der Waals surface area (Å²) in [4.78, 5) is 0. The van der Waals surface area contributed by atoms with Gasteiger partial charge in [0.05, 0.1) is 12.2 Å². The van der Waals surface area contributed by atoms with E-state index >= 15 is 0 Å². The lowest BCUT2D eigenvalue weighted by molar-refractivity contribution is -0.0311. The van der Waals surface area contributed by atoms with E-state index in [0.717, 1.165) is 23.7 Å². The Kier molecular flexibility index (Phi) is 4.64. The maximum absolute atomic E-state index is 6.09. The molecule has 0 heterocycles. The lowest BCUT2D eigenvalue weighted by Gasteiger charge is -2.29. The van der Waals surface area contributed by atoms with E-state index in [1.807, 2.05) is 0 Å². The monoisotopic (exact) mass is 212 g/mol. The van der Waals surface area contributed by atoms with Gasteiger partial charge in [-0.15, -0.1) is 0 Å². The summed E-state index contributed by atoms with van der Waals surface area (Å²) in [5, 5.41) is 0.